The second-order valence-corrected chi connectivity index (χ2v) is 3.03. The summed E-state index contributed by atoms with van der Waals surface area (Å²) in [6, 6.07) is 6.09. The van der Waals surface area contributed by atoms with Crippen molar-refractivity contribution in [3.8, 4) is 0 Å². The van der Waals surface area contributed by atoms with Crippen molar-refractivity contribution in [2.24, 2.45) is 10.7 Å². The highest BCUT2D eigenvalue weighted by atomic mass is 15.1. The molecule has 0 aliphatic carbocycles. The lowest BCUT2D eigenvalue weighted by molar-refractivity contribution is 1.33. The van der Waals surface area contributed by atoms with Gasteiger partial charge in [-0.05, 0) is 37.1 Å². The van der Waals surface area contributed by atoms with Crippen LogP contribution in [0.3, 0.4) is 0 Å². The Morgan fingerprint density at radius 3 is 2.54 bits per heavy atom. The number of aryl methyl sites for hydroxylation is 2. The van der Waals surface area contributed by atoms with E-state index in [-0.39, 0.29) is 0 Å². The second-order valence-electron chi connectivity index (χ2n) is 3.03. The topological polar surface area (TPSA) is 50.4 Å². The summed E-state index contributed by atoms with van der Waals surface area (Å²) in [7, 11) is 1.66. The standard InChI is InChI=1S/C10H15N3/c1-7-4-5-9(6-8(7)2)13-10(11)12-3/h4-6H,1-3H3,(H3,11,12,13). The van der Waals surface area contributed by atoms with E-state index in [0.717, 1.165) is 5.69 Å². The van der Waals surface area contributed by atoms with Gasteiger partial charge in [-0.25, -0.2) is 0 Å². The molecule has 70 valence electrons. The average Bonchev–Trinajstić information content (AvgIpc) is 2.11. The van der Waals surface area contributed by atoms with Crippen molar-refractivity contribution >= 4 is 11.6 Å². The predicted octanol–water partition coefficient (Wildman–Crippen LogP) is 1.66. The SMILES string of the molecule is CN=C(N)Nc1ccc(C)c(C)c1. The van der Waals surface area contributed by atoms with E-state index in [1.54, 1.807) is 7.05 Å². The maximum Gasteiger partial charge on any atom is 0.192 e. The van der Waals surface area contributed by atoms with Gasteiger partial charge in [0, 0.05) is 12.7 Å². The zero-order valence-electron chi connectivity index (χ0n) is 8.26. The summed E-state index contributed by atoms with van der Waals surface area (Å²) in [6.07, 6.45) is 0. The lowest BCUT2D eigenvalue weighted by atomic mass is 10.1. The number of anilines is 1. The molecule has 0 aromatic heterocycles. The quantitative estimate of drug-likeness (QED) is 0.506. The van der Waals surface area contributed by atoms with Crippen LogP contribution in [0.15, 0.2) is 23.2 Å². The fourth-order valence-electron chi connectivity index (χ4n) is 1.02. The predicted molar refractivity (Wildman–Crippen MR) is 57.1 cm³/mol. The van der Waals surface area contributed by atoms with Gasteiger partial charge in [-0.2, -0.15) is 0 Å². The molecule has 0 fully saturated rings. The first kappa shape index (κ1) is 9.58. The fourth-order valence-corrected chi connectivity index (χ4v) is 1.02. The molecule has 3 nitrogen and oxygen atoms in total. The Hall–Kier alpha value is -1.51. The van der Waals surface area contributed by atoms with Crippen molar-refractivity contribution in [1.82, 2.24) is 0 Å². The lowest BCUT2D eigenvalue weighted by Gasteiger charge is -2.06. The summed E-state index contributed by atoms with van der Waals surface area (Å²) >= 11 is 0. The van der Waals surface area contributed by atoms with E-state index < -0.39 is 0 Å². The molecular formula is C10H15N3. The molecule has 0 unspecified atom stereocenters. The molecule has 0 bridgehead atoms. The highest BCUT2D eigenvalue weighted by Crippen LogP contribution is 2.13. The van der Waals surface area contributed by atoms with E-state index in [0.29, 0.717) is 5.96 Å². The summed E-state index contributed by atoms with van der Waals surface area (Å²) in [6.45, 7) is 4.15. The van der Waals surface area contributed by atoms with Gasteiger partial charge in [0.1, 0.15) is 0 Å². The number of guanidine groups is 1. The minimum absolute atomic E-state index is 0.434. The zero-order chi connectivity index (χ0) is 9.84. The molecule has 0 aliphatic heterocycles. The Kier molecular flexibility index (Phi) is 2.90. The molecule has 1 aromatic rings. The summed E-state index contributed by atoms with van der Waals surface area (Å²) in [4.78, 5) is 3.82. The third kappa shape index (κ3) is 2.47. The summed E-state index contributed by atoms with van der Waals surface area (Å²) in [5, 5.41) is 2.99. The van der Waals surface area contributed by atoms with Crippen molar-refractivity contribution in [3.63, 3.8) is 0 Å². The minimum Gasteiger partial charge on any atom is -0.370 e. The van der Waals surface area contributed by atoms with Crippen LogP contribution in [0.2, 0.25) is 0 Å². The van der Waals surface area contributed by atoms with Gasteiger partial charge in [0.15, 0.2) is 5.96 Å². The smallest absolute Gasteiger partial charge is 0.192 e. The first-order valence-corrected chi connectivity index (χ1v) is 4.20. The van der Waals surface area contributed by atoms with Crippen molar-refractivity contribution in [2.75, 3.05) is 12.4 Å². The van der Waals surface area contributed by atoms with E-state index in [1.807, 2.05) is 12.1 Å². The molecule has 3 heteroatoms. The molecular weight excluding hydrogens is 162 g/mol. The summed E-state index contributed by atoms with van der Waals surface area (Å²) in [5.41, 5.74) is 9.03. The van der Waals surface area contributed by atoms with Gasteiger partial charge in [-0.3, -0.25) is 4.99 Å². The number of hydrogen-bond donors (Lipinski definition) is 2. The third-order valence-electron chi connectivity index (χ3n) is 2.02. The fraction of sp³-hybridized carbons (Fsp3) is 0.300. The Bertz CT molecular complexity index is 329. The minimum atomic E-state index is 0.434. The number of nitrogens with one attached hydrogen (secondary N) is 1. The number of hydrogen-bond acceptors (Lipinski definition) is 1. The number of benzene rings is 1. The molecule has 13 heavy (non-hydrogen) atoms. The maximum absolute atomic E-state index is 5.53. The Morgan fingerprint density at radius 2 is 2.00 bits per heavy atom. The van der Waals surface area contributed by atoms with Gasteiger partial charge in [0.2, 0.25) is 0 Å². The van der Waals surface area contributed by atoms with E-state index in [2.05, 4.69) is 30.2 Å². The third-order valence-corrected chi connectivity index (χ3v) is 2.02. The molecule has 0 aliphatic rings. The Labute approximate surface area is 78.7 Å². The number of nitrogens with two attached hydrogens (primary N) is 1. The van der Waals surface area contributed by atoms with Gasteiger partial charge in [-0.1, -0.05) is 6.07 Å². The Morgan fingerprint density at radius 1 is 1.31 bits per heavy atom. The average molecular weight is 177 g/mol. The largest absolute Gasteiger partial charge is 0.370 e. The van der Waals surface area contributed by atoms with Crippen molar-refractivity contribution in [3.05, 3.63) is 29.3 Å². The van der Waals surface area contributed by atoms with Crippen molar-refractivity contribution < 1.29 is 0 Å². The van der Waals surface area contributed by atoms with Crippen LogP contribution < -0.4 is 11.1 Å². The summed E-state index contributed by atoms with van der Waals surface area (Å²) in [5.74, 6) is 0.434. The summed E-state index contributed by atoms with van der Waals surface area (Å²) < 4.78 is 0. The van der Waals surface area contributed by atoms with Crippen LogP contribution in [0.4, 0.5) is 5.69 Å². The highest BCUT2D eigenvalue weighted by molar-refractivity contribution is 5.92. The Balaban J connectivity index is 2.86. The molecule has 3 N–H and O–H groups in total. The molecule has 0 atom stereocenters. The van der Waals surface area contributed by atoms with Gasteiger partial charge >= 0.3 is 0 Å². The van der Waals surface area contributed by atoms with Crippen LogP contribution in [0.25, 0.3) is 0 Å². The second kappa shape index (κ2) is 3.94. The molecule has 0 radical (unpaired) electrons. The highest BCUT2D eigenvalue weighted by Gasteiger charge is 1.96. The van der Waals surface area contributed by atoms with Crippen LogP contribution in [0.1, 0.15) is 11.1 Å². The van der Waals surface area contributed by atoms with Crippen LogP contribution >= 0.6 is 0 Å². The maximum atomic E-state index is 5.53. The van der Waals surface area contributed by atoms with Crippen molar-refractivity contribution in [2.45, 2.75) is 13.8 Å². The lowest BCUT2D eigenvalue weighted by Crippen LogP contribution is -2.21. The van der Waals surface area contributed by atoms with Crippen LogP contribution in [-0.2, 0) is 0 Å². The van der Waals surface area contributed by atoms with Crippen LogP contribution in [0.5, 0.6) is 0 Å². The first-order chi connectivity index (χ1) is 6.13. The van der Waals surface area contributed by atoms with E-state index >= 15 is 0 Å². The van der Waals surface area contributed by atoms with E-state index in [4.69, 9.17) is 5.73 Å². The number of aliphatic imine (C=N–C) groups is 1. The van der Waals surface area contributed by atoms with Crippen LogP contribution in [-0.4, -0.2) is 13.0 Å². The number of rotatable bonds is 1. The number of nitrogens with zero attached hydrogens (tertiary/aromatic N) is 1. The van der Waals surface area contributed by atoms with Gasteiger partial charge < -0.3 is 11.1 Å². The molecule has 1 rings (SSSR count). The monoisotopic (exact) mass is 177 g/mol. The van der Waals surface area contributed by atoms with E-state index in [1.165, 1.54) is 11.1 Å². The molecule has 0 saturated carbocycles. The molecule has 0 saturated heterocycles. The molecule has 0 spiro atoms. The van der Waals surface area contributed by atoms with Gasteiger partial charge in [-0.15, -0.1) is 0 Å². The zero-order valence-corrected chi connectivity index (χ0v) is 8.26. The van der Waals surface area contributed by atoms with Crippen LogP contribution in [0, 0.1) is 13.8 Å². The van der Waals surface area contributed by atoms with Crippen molar-refractivity contribution in [1.29, 1.82) is 0 Å². The first-order valence-electron chi connectivity index (χ1n) is 4.20. The molecule has 1 aromatic carbocycles. The van der Waals surface area contributed by atoms with Gasteiger partial charge in [0.05, 0.1) is 0 Å². The molecule has 0 heterocycles. The normalized spacial score (nSPS) is 11.5. The van der Waals surface area contributed by atoms with Gasteiger partial charge in [0.25, 0.3) is 0 Å². The molecule has 0 amide bonds. The van der Waals surface area contributed by atoms with E-state index in [9.17, 15) is 0 Å².